The summed E-state index contributed by atoms with van der Waals surface area (Å²) < 4.78 is 0. The van der Waals surface area contributed by atoms with Gasteiger partial charge in [0.1, 0.15) is 0 Å². The van der Waals surface area contributed by atoms with E-state index in [0.717, 1.165) is 24.0 Å². The molecule has 0 bridgehead atoms. The monoisotopic (exact) mass is 419 g/mol. The van der Waals surface area contributed by atoms with E-state index in [4.69, 9.17) is 0 Å². The fraction of sp³-hybridized carbons (Fsp3) is 0.292. The first-order valence-corrected chi connectivity index (χ1v) is 11.0. The van der Waals surface area contributed by atoms with Crippen LogP contribution in [0.25, 0.3) is 10.4 Å². The van der Waals surface area contributed by atoms with Crippen LogP contribution in [0.4, 0.5) is 0 Å². The van der Waals surface area contributed by atoms with Gasteiger partial charge < -0.3 is 10.2 Å². The SMILES string of the molecule is CNC(=O)[C@@]1(Cc2ccccc2-c2cccs2)CCCN(C(=O)c2cccnc2)C1. The first-order valence-electron chi connectivity index (χ1n) is 10.2. The van der Waals surface area contributed by atoms with Gasteiger partial charge in [-0.15, -0.1) is 11.3 Å². The van der Waals surface area contributed by atoms with Gasteiger partial charge in [-0.05, 0) is 54.0 Å². The van der Waals surface area contributed by atoms with Crippen LogP contribution in [0.15, 0.2) is 66.3 Å². The van der Waals surface area contributed by atoms with Crippen molar-refractivity contribution in [3.63, 3.8) is 0 Å². The molecule has 1 fully saturated rings. The molecule has 3 aromatic rings. The Kier molecular flexibility index (Phi) is 5.95. The van der Waals surface area contributed by atoms with Crippen LogP contribution in [-0.2, 0) is 11.2 Å². The Hall–Kier alpha value is -2.99. The summed E-state index contributed by atoms with van der Waals surface area (Å²) in [7, 11) is 1.68. The molecule has 154 valence electrons. The van der Waals surface area contributed by atoms with E-state index in [2.05, 4.69) is 33.9 Å². The zero-order valence-electron chi connectivity index (χ0n) is 17.0. The van der Waals surface area contributed by atoms with Crippen molar-refractivity contribution in [3.05, 3.63) is 77.4 Å². The highest BCUT2D eigenvalue weighted by Gasteiger charge is 2.43. The maximum absolute atomic E-state index is 13.1. The lowest BCUT2D eigenvalue weighted by atomic mass is 9.73. The van der Waals surface area contributed by atoms with Crippen molar-refractivity contribution in [1.82, 2.24) is 15.2 Å². The molecule has 30 heavy (non-hydrogen) atoms. The second-order valence-electron chi connectivity index (χ2n) is 7.74. The van der Waals surface area contributed by atoms with Gasteiger partial charge in [0, 0.05) is 37.4 Å². The fourth-order valence-corrected chi connectivity index (χ4v) is 5.15. The lowest BCUT2D eigenvalue weighted by molar-refractivity contribution is -0.133. The number of amides is 2. The molecule has 3 heterocycles. The minimum atomic E-state index is -0.655. The van der Waals surface area contributed by atoms with Crippen LogP contribution in [0.1, 0.15) is 28.8 Å². The van der Waals surface area contributed by atoms with Crippen LogP contribution >= 0.6 is 11.3 Å². The molecule has 2 amide bonds. The number of hydrogen-bond donors (Lipinski definition) is 1. The van der Waals surface area contributed by atoms with E-state index in [1.165, 1.54) is 4.88 Å². The van der Waals surface area contributed by atoms with Gasteiger partial charge in [-0.2, -0.15) is 0 Å². The largest absolute Gasteiger partial charge is 0.359 e. The number of rotatable bonds is 5. The summed E-state index contributed by atoms with van der Waals surface area (Å²) >= 11 is 1.70. The molecular weight excluding hydrogens is 394 g/mol. The number of hydrogen-bond acceptors (Lipinski definition) is 4. The van der Waals surface area contributed by atoms with Crippen LogP contribution in [-0.4, -0.2) is 41.8 Å². The minimum Gasteiger partial charge on any atom is -0.359 e. The van der Waals surface area contributed by atoms with E-state index < -0.39 is 5.41 Å². The number of likely N-dealkylation sites (tertiary alicyclic amines) is 1. The molecule has 6 heteroatoms. The van der Waals surface area contributed by atoms with Crippen molar-refractivity contribution in [2.75, 3.05) is 20.1 Å². The highest BCUT2D eigenvalue weighted by molar-refractivity contribution is 7.13. The Morgan fingerprint density at radius 3 is 2.77 bits per heavy atom. The molecule has 2 aromatic heterocycles. The van der Waals surface area contributed by atoms with Gasteiger partial charge in [0.15, 0.2) is 0 Å². The van der Waals surface area contributed by atoms with E-state index in [9.17, 15) is 9.59 Å². The molecular formula is C24H25N3O2S. The third-order valence-electron chi connectivity index (χ3n) is 5.81. The molecule has 1 aliphatic rings. The predicted octanol–water partition coefficient (Wildman–Crippen LogP) is 4.02. The number of aromatic nitrogens is 1. The first kappa shape index (κ1) is 20.3. The number of pyridine rings is 1. The highest BCUT2D eigenvalue weighted by atomic mass is 32.1. The zero-order valence-corrected chi connectivity index (χ0v) is 17.8. The van der Waals surface area contributed by atoms with Gasteiger partial charge in [0.25, 0.3) is 5.91 Å². The van der Waals surface area contributed by atoms with E-state index in [1.807, 2.05) is 23.1 Å². The summed E-state index contributed by atoms with van der Waals surface area (Å²) in [4.78, 5) is 33.3. The molecule has 1 N–H and O–H groups in total. The second kappa shape index (κ2) is 8.79. The average molecular weight is 420 g/mol. The van der Waals surface area contributed by atoms with Gasteiger partial charge in [0.2, 0.25) is 5.91 Å². The van der Waals surface area contributed by atoms with Gasteiger partial charge in [0.05, 0.1) is 11.0 Å². The van der Waals surface area contributed by atoms with Crippen LogP contribution in [0.3, 0.4) is 0 Å². The Labute approximate surface area is 180 Å². The van der Waals surface area contributed by atoms with Crippen LogP contribution in [0.2, 0.25) is 0 Å². The van der Waals surface area contributed by atoms with Crippen LogP contribution in [0.5, 0.6) is 0 Å². The average Bonchev–Trinajstić information content (AvgIpc) is 3.34. The van der Waals surface area contributed by atoms with Crippen molar-refractivity contribution in [2.45, 2.75) is 19.3 Å². The molecule has 0 spiro atoms. The molecule has 1 aliphatic heterocycles. The standard InChI is InChI=1S/C24H25N3O2S/c1-25-23(29)24(15-18-7-2-3-9-20(18)21-10-5-14-30-21)11-6-13-27(17-24)22(28)19-8-4-12-26-16-19/h2-5,7-10,12,14,16H,6,11,13,15,17H2,1H3,(H,25,29)/t24-/m1/s1. The molecule has 5 nitrogen and oxygen atoms in total. The van der Waals surface area contributed by atoms with Crippen LogP contribution in [0, 0.1) is 5.41 Å². The summed E-state index contributed by atoms with van der Waals surface area (Å²) in [5.41, 5.74) is 2.20. The van der Waals surface area contributed by atoms with E-state index in [-0.39, 0.29) is 11.8 Å². The Bertz CT molecular complexity index is 1020. The van der Waals surface area contributed by atoms with Crippen molar-refractivity contribution < 1.29 is 9.59 Å². The van der Waals surface area contributed by atoms with Gasteiger partial charge in [-0.1, -0.05) is 30.3 Å². The maximum Gasteiger partial charge on any atom is 0.255 e. The zero-order chi connectivity index (χ0) is 21.0. The van der Waals surface area contributed by atoms with Crippen molar-refractivity contribution in [1.29, 1.82) is 0 Å². The third kappa shape index (κ3) is 4.00. The summed E-state index contributed by atoms with van der Waals surface area (Å²) in [6.07, 6.45) is 5.38. The first-order chi connectivity index (χ1) is 14.6. The molecule has 0 radical (unpaired) electrons. The fourth-order valence-electron chi connectivity index (χ4n) is 4.36. The van der Waals surface area contributed by atoms with Crippen molar-refractivity contribution in [3.8, 4) is 10.4 Å². The third-order valence-corrected chi connectivity index (χ3v) is 6.72. The predicted molar refractivity (Wildman–Crippen MR) is 119 cm³/mol. The van der Waals surface area contributed by atoms with Gasteiger partial charge >= 0.3 is 0 Å². The van der Waals surface area contributed by atoms with Crippen LogP contribution < -0.4 is 5.32 Å². The van der Waals surface area contributed by atoms with E-state index >= 15 is 0 Å². The molecule has 4 rings (SSSR count). The molecule has 1 aromatic carbocycles. The van der Waals surface area contributed by atoms with Crippen molar-refractivity contribution in [2.24, 2.45) is 5.41 Å². The Morgan fingerprint density at radius 1 is 1.17 bits per heavy atom. The van der Waals surface area contributed by atoms with Crippen molar-refractivity contribution >= 4 is 23.2 Å². The lowest BCUT2D eigenvalue weighted by Gasteiger charge is -2.42. The van der Waals surface area contributed by atoms with Gasteiger partial charge in [-0.3, -0.25) is 14.6 Å². The molecule has 1 atom stereocenters. The molecule has 0 unspecified atom stereocenters. The molecule has 0 aliphatic carbocycles. The Morgan fingerprint density at radius 2 is 2.03 bits per heavy atom. The second-order valence-corrected chi connectivity index (χ2v) is 8.69. The summed E-state index contributed by atoms with van der Waals surface area (Å²) in [6.45, 7) is 1.05. The number of nitrogens with one attached hydrogen (secondary N) is 1. The van der Waals surface area contributed by atoms with E-state index in [1.54, 1.807) is 42.9 Å². The van der Waals surface area contributed by atoms with Gasteiger partial charge in [-0.25, -0.2) is 0 Å². The summed E-state index contributed by atoms with van der Waals surface area (Å²) in [5.74, 6) is -0.0743. The number of carbonyl (C=O) groups excluding carboxylic acids is 2. The number of piperidine rings is 1. The topological polar surface area (TPSA) is 62.3 Å². The summed E-state index contributed by atoms with van der Waals surface area (Å²) in [5, 5.41) is 4.93. The lowest BCUT2D eigenvalue weighted by Crippen LogP contribution is -2.54. The number of thiophene rings is 1. The Balaban J connectivity index is 1.66. The molecule has 1 saturated heterocycles. The number of benzene rings is 1. The quantitative estimate of drug-likeness (QED) is 0.679. The minimum absolute atomic E-state index is 0.00725. The summed E-state index contributed by atoms with van der Waals surface area (Å²) in [6, 6.07) is 15.9. The highest BCUT2D eigenvalue weighted by Crippen LogP contribution is 2.38. The normalized spacial score (nSPS) is 18.8. The maximum atomic E-state index is 13.1. The number of carbonyl (C=O) groups is 2. The number of nitrogens with zero attached hydrogens (tertiary/aromatic N) is 2. The smallest absolute Gasteiger partial charge is 0.255 e. The van der Waals surface area contributed by atoms with E-state index in [0.29, 0.717) is 25.1 Å². The molecule has 0 saturated carbocycles.